The normalized spacial score (nSPS) is 24.3. The third-order valence-corrected chi connectivity index (χ3v) is 6.04. The third-order valence-electron chi connectivity index (χ3n) is 4.82. The van der Waals surface area contributed by atoms with Gasteiger partial charge in [-0.3, -0.25) is 4.79 Å². The van der Waals surface area contributed by atoms with E-state index in [-0.39, 0.29) is 31.2 Å². The first-order chi connectivity index (χ1) is 12.3. The molecule has 9 nitrogen and oxygen atoms in total. The van der Waals surface area contributed by atoms with Crippen LogP contribution in [0.25, 0.3) is 0 Å². The molecule has 1 aromatic heterocycles. The van der Waals surface area contributed by atoms with E-state index >= 15 is 0 Å². The zero-order valence-corrected chi connectivity index (χ0v) is 16.1. The SMILES string of the molecule is Cc1noc([C@@H]2CC[C@H](CN(CC(=O)N3CCCCC3)S(C)(=O)=O)O2)n1. The Morgan fingerprint density at radius 1 is 1.27 bits per heavy atom. The van der Waals surface area contributed by atoms with Gasteiger partial charge in [0.15, 0.2) is 5.82 Å². The van der Waals surface area contributed by atoms with Crippen molar-refractivity contribution in [3.05, 3.63) is 11.7 Å². The highest BCUT2D eigenvalue weighted by atomic mass is 32.2. The molecular formula is C16H26N4O5S. The predicted molar refractivity (Wildman–Crippen MR) is 92.7 cm³/mol. The zero-order valence-electron chi connectivity index (χ0n) is 15.3. The Kier molecular flexibility index (Phi) is 5.93. The van der Waals surface area contributed by atoms with Crippen LogP contribution in [0.2, 0.25) is 0 Å². The van der Waals surface area contributed by atoms with E-state index in [2.05, 4.69) is 10.1 Å². The second kappa shape index (κ2) is 8.01. The van der Waals surface area contributed by atoms with E-state index in [0.717, 1.165) is 25.5 Å². The molecule has 146 valence electrons. The molecule has 0 aromatic carbocycles. The van der Waals surface area contributed by atoms with Gasteiger partial charge < -0.3 is 14.2 Å². The van der Waals surface area contributed by atoms with E-state index in [0.29, 0.717) is 37.6 Å². The molecule has 0 unspecified atom stereocenters. The van der Waals surface area contributed by atoms with Gasteiger partial charge >= 0.3 is 0 Å². The van der Waals surface area contributed by atoms with E-state index < -0.39 is 10.0 Å². The van der Waals surface area contributed by atoms with Crippen LogP contribution in [0.1, 0.15) is 49.9 Å². The van der Waals surface area contributed by atoms with Crippen molar-refractivity contribution in [3.63, 3.8) is 0 Å². The zero-order chi connectivity index (χ0) is 18.7. The van der Waals surface area contributed by atoms with Crippen LogP contribution < -0.4 is 0 Å². The Hall–Kier alpha value is -1.52. The Labute approximate surface area is 153 Å². The van der Waals surface area contributed by atoms with Gasteiger partial charge in [-0.15, -0.1) is 0 Å². The van der Waals surface area contributed by atoms with Crippen molar-refractivity contribution in [3.8, 4) is 0 Å². The Bertz CT molecular complexity index is 729. The molecule has 0 saturated carbocycles. The molecule has 2 fully saturated rings. The molecule has 0 bridgehead atoms. The molecule has 0 radical (unpaired) electrons. The summed E-state index contributed by atoms with van der Waals surface area (Å²) < 4.78 is 36.5. The number of nitrogens with zero attached hydrogens (tertiary/aromatic N) is 4. The number of hydrogen-bond donors (Lipinski definition) is 0. The molecule has 2 atom stereocenters. The molecule has 3 heterocycles. The highest BCUT2D eigenvalue weighted by Crippen LogP contribution is 2.32. The molecule has 2 aliphatic rings. The van der Waals surface area contributed by atoms with Gasteiger partial charge in [0.2, 0.25) is 15.9 Å². The number of carbonyl (C=O) groups is 1. The lowest BCUT2D eigenvalue weighted by Gasteiger charge is -2.30. The van der Waals surface area contributed by atoms with Crippen LogP contribution in [0.5, 0.6) is 0 Å². The van der Waals surface area contributed by atoms with Gasteiger partial charge in [0.25, 0.3) is 5.89 Å². The first kappa shape index (κ1) is 19.2. The van der Waals surface area contributed by atoms with E-state index in [9.17, 15) is 13.2 Å². The minimum atomic E-state index is -3.51. The maximum Gasteiger partial charge on any atom is 0.255 e. The fourth-order valence-corrected chi connectivity index (χ4v) is 4.19. The van der Waals surface area contributed by atoms with Crippen LogP contribution in [0, 0.1) is 6.92 Å². The van der Waals surface area contributed by atoms with Gasteiger partial charge in [0.05, 0.1) is 18.9 Å². The van der Waals surface area contributed by atoms with E-state index in [4.69, 9.17) is 9.26 Å². The van der Waals surface area contributed by atoms with Crippen LogP contribution >= 0.6 is 0 Å². The number of ether oxygens (including phenoxy) is 1. The first-order valence-electron chi connectivity index (χ1n) is 9.01. The molecule has 0 spiro atoms. The van der Waals surface area contributed by atoms with Crippen LogP contribution in [0.3, 0.4) is 0 Å². The second-order valence-corrected chi connectivity index (χ2v) is 8.98. The second-order valence-electron chi connectivity index (χ2n) is 7.00. The number of piperidine rings is 1. The summed E-state index contributed by atoms with van der Waals surface area (Å²) >= 11 is 0. The standard InChI is InChI=1S/C16H26N4O5S/c1-12-17-16(25-18-12)14-7-6-13(24-14)10-20(26(2,22)23)11-15(21)19-8-4-3-5-9-19/h13-14H,3-11H2,1-2H3/t13-,14+/m1/s1. The van der Waals surface area contributed by atoms with Crippen LogP contribution in [-0.2, 0) is 19.6 Å². The maximum atomic E-state index is 12.5. The molecule has 1 amide bonds. The van der Waals surface area contributed by atoms with Crippen LogP contribution in [0.4, 0.5) is 0 Å². The highest BCUT2D eigenvalue weighted by Gasteiger charge is 2.34. The molecule has 1 aromatic rings. The number of hydrogen-bond acceptors (Lipinski definition) is 7. The lowest BCUT2D eigenvalue weighted by Crippen LogP contribution is -2.46. The van der Waals surface area contributed by atoms with Gasteiger partial charge in [-0.2, -0.15) is 9.29 Å². The Morgan fingerprint density at radius 3 is 2.62 bits per heavy atom. The molecule has 2 aliphatic heterocycles. The summed E-state index contributed by atoms with van der Waals surface area (Å²) in [5.41, 5.74) is 0. The molecule has 3 rings (SSSR count). The minimum Gasteiger partial charge on any atom is -0.364 e. The van der Waals surface area contributed by atoms with E-state index in [1.165, 1.54) is 4.31 Å². The van der Waals surface area contributed by atoms with Crippen molar-refractivity contribution < 1.29 is 22.5 Å². The third kappa shape index (κ3) is 4.80. The maximum absolute atomic E-state index is 12.5. The van der Waals surface area contributed by atoms with Crippen molar-refractivity contribution in [2.24, 2.45) is 0 Å². The molecule has 10 heteroatoms. The molecule has 2 saturated heterocycles. The van der Waals surface area contributed by atoms with E-state index in [1.54, 1.807) is 11.8 Å². The van der Waals surface area contributed by atoms with Crippen LogP contribution in [0.15, 0.2) is 4.52 Å². The van der Waals surface area contributed by atoms with Gasteiger partial charge in [0, 0.05) is 19.6 Å². The Morgan fingerprint density at radius 2 is 2.00 bits per heavy atom. The van der Waals surface area contributed by atoms with Gasteiger partial charge in [-0.25, -0.2) is 8.42 Å². The summed E-state index contributed by atoms with van der Waals surface area (Å²) in [6.45, 7) is 3.16. The van der Waals surface area contributed by atoms with Gasteiger partial charge in [-0.1, -0.05) is 5.16 Å². The quantitative estimate of drug-likeness (QED) is 0.714. The van der Waals surface area contributed by atoms with Crippen molar-refractivity contribution >= 4 is 15.9 Å². The minimum absolute atomic E-state index is 0.136. The molecule has 0 aliphatic carbocycles. The number of carbonyl (C=O) groups excluding carboxylic acids is 1. The number of aromatic nitrogens is 2. The number of sulfonamides is 1. The number of aryl methyl sites for hydroxylation is 1. The summed E-state index contributed by atoms with van der Waals surface area (Å²) in [4.78, 5) is 18.4. The van der Waals surface area contributed by atoms with Crippen molar-refractivity contribution in [2.75, 3.05) is 32.4 Å². The van der Waals surface area contributed by atoms with Gasteiger partial charge in [-0.05, 0) is 39.0 Å². The summed E-state index contributed by atoms with van der Waals surface area (Å²) in [6, 6.07) is 0. The topological polar surface area (TPSA) is 106 Å². The smallest absolute Gasteiger partial charge is 0.255 e. The van der Waals surface area contributed by atoms with Crippen molar-refractivity contribution in [2.45, 2.75) is 51.2 Å². The van der Waals surface area contributed by atoms with Crippen molar-refractivity contribution in [1.82, 2.24) is 19.3 Å². The average molecular weight is 386 g/mol. The number of amides is 1. The predicted octanol–water partition coefficient (Wildman–Crippen LogP) is 0.872. The fourth-order valence-electron chi connectivity index (χ4n) is 3.40. The monoisotopic (exact) mass is 386 g/mol. The molecular weight excluding hydrogens is 360 g/mol. The lowest BCUT2D eigenvalue weighted by molar-refractivity contribution is -0.132. The summed E-state index contributed by atoms with van der Waals surface area (Å²) in [7, 11) is -3.51. The Balaban J connectivity index is 1.59. The first-order valence-corrected chi connectivity index (χ1v) is 10.9. The fraction of sp³-hybridized carbons (Fsp3) is 0.812. The summed E-state index contributed by atoms with van der Waals surface area (Å²) in [5.74, 6) is 0.814. The van der Waals surface area contributed by atoms with Crippen molar-refractivity contribution in [1.29, 1.82) is 0 Å². The number of rotatable bonds is 6. The van der Waals surface area contributed by atoms with Crippen LogP contribution in [-0.4, -0.2) is 72.2 Å². The average Bonchev–Trinajstić information content (AvgIpc) is 3.23. The highest BCUT2D eigenvalue weighted by molar-refractivity contribution is 7.88. The summed E-state index contributed by atoms with van der Waals surface area (Å²) in [5, 5.41) is 3.75. The van der Waals surface area contributed by atoms with Gasteiger partial charge in [0.1, 0.15) is 6.10 Å². The largest absolute Gasteiger partial charge is 0.364 e. The van der Waals surface area contributed by atoms with E-state index in [1.807, 2.05) is 0 Å². The molecule has 26 heavy (non-hydrogen) atoms. The lowest BCUT2D eigenvalue weighted by atomic mass is 10.1. The number of likely N-dealkylation sites (tertiary alicyclic amines) is 1. The summed E-state index contributed by atoms with van der Waals surface area (Å²) in [6.07, 6.45) is 4.94. The molecule has 0 N–H and O–H groups in total.